The Hall–Kier alpha value is -3.26. The smallest absolute Gasteiger partial charge is 0.281 e. The van der Waals surface area contributed by atoms with E-state index < -0.39 is 0 Å². The molecule has 4 fully saturated rings. The molecule has 4 aromatic rings. The van der Waals surface area contributed by atoms with E-state index in [0.717, 1.165) is 68.2 Å². The fourth-order valence-corrected chi connectivity index (χ4v) is 7.69. The number of H-pyrrole nitrogens is 1. The first-order valence-electron chi connectivity index (χ1n) is 14.8. The molecule has 0 bridgehead atoms. The molecule has 0 radical (unpaired) electrons. The third-order valence-corrected chi connectivity index (χ3v) is 9.99. The average molecular weight is 524 g/mol. The van der Waals surface area contributed by atoms with Gasteiger partial charge in [-0.3, -0.25) is 14.3 Å². The number of aromatic amines is 1. The number of aromatic nitrogens is 6. The number of piperidine rings is 1. The zero-order valence-electron chi connectivity index (χ0n) is 23.0. The summed E-state index contributed by atoms with van der Waals surface area (Å²) < 4.78 is 3.93. The van der Waals surface area contributed by atoms with Crippen LogP contribution in [-0.2, 0) is 19.0 Å². The highest BCUT2D eigenvalue weighted by Gasteiger charge is 2.63. The van der Waals surface area contributed by atoms with Crippen LogP contribution in [0.1, 0.15) is 87.0 Å². The number of hydrogen-bond donors (Lipinski definition) is 1. The normalized spacial score (nSPS) is 23.8. The van der Waals surface area contributed by atoms with Gasteiger partial charge in [0.25, 0.3) is 5.56 Å². The van der Waals surface area contributed by atoms with Crippen molar-refractivity contribution in [3.8, 4) is 5.69 Å². The van der Waals surface area contributed by atoms with E-state index in [1.54, 1.807) is 6.33 Å². The van der Waals surface area contributed by atoms with Crippen LogP contribution in [0.25, 0.3) is 16.7 Å². The second-order valence-corrected chi connectivity index (χ2v) is 13.2. The van der Waals surface area contributed by atoms with Crippen molar-refractivity contribution >= 4 is 11.0 Å². The molecule has 1 N–H and O–H groups in total. The van der Waals surface area contributed by atoms with Crippen molar-refractivity contribution in [2.24, 2.45) is 18.4 Å². The van der Waals surface area contributed by atoms with Crippen LogP contribution >= 0.6 is 0 Å². The molecule has 4 heterocycles. The number of pyridine rings is 1. The lowest BCUT2D eigenvalue weighted by molar-refractivity contribution is 0.145. The Labute approximate surface area is 228 Å². The van der Waals surface area contributed by atoms with Crippen molar-refractivity contribution in [2.45, 2.75) is 76.2 Å². The largest absolute Gasteiger partial charge is 0.336 e. The minimum Gasteiger partial charge on any atom is -0.336 e. The second-order valence-electron chi connectivity index (χ2n) is 13.2. The van der Waals surface area contributed by atoms with E-state index >= 15 is 0 Å². The molecular weight excluding hydrogens is 486 g/mol. The standard InChI is InChI=1S/C31H37N7O/c1-20-5-4-12-37(14-20)16-25-33-26-24(21-8-9-21)15-38(28(39)27(26)34-25)23-7-3-6-22(13-23)31(17-30(18-31)10-11-30)29-35-32-19-36(29)2/h3,6-7,13,15,19-21H,4-5,8-12,14,16-18H2,1-2H3,(H,33,34)/t20-/m0/s1. The number of likely N-dealkylation sites (tertiary alicyclic amines) is 1. The molecule has 1 spiro atoms. The molecule has 8 rings (SSSR count). The van der Waals surface area contributed by atoms with Crippen molar-refractivity contribution < 1.29 is 0 Å². The van der Waals surface area contributed by atoms with E-state index in [0.29, 0.717) is 22.8 Å². The van der Waals surface area contributed by atoms with Crippen molar-refractivity contribution in [3.63, 3.8) is 0 Å². The Morgan fingerprint density at radius 3 is 2.72 bits per heavy atom. The minimum atomic E-state index is -0.141. The number of nitrogens with zero attached hydrogens (tertiary/aromatic N) is 6. The maximum absolute atomic E-state index is 14.0. The zero-order chi connectivity index (χ0) is 26.4. The van der Waals surface area contributed by atoms with Crippen molar-refractivity contribution in [1.29, 1.82) is 0 Å². The zero-order valence-corrected chi connectivity index (χ0v) is 23.0. The summed E-state index contributed by atoms with van der Waals surface area (Å²) in [6.07, 6.45) is 13.6. The monoisotopic (exact) mass is 523 g/mol. The van der Waals surface area contributed by atoms with Crippen LogP contribution in [0.5, 0.6) is 0 Å². The Morgan fingerprint density at radius 1 is 1.15 bits per heavy atom. The molecule has 8 nitrogen and oxygen atoms in total. The van der Waals surface area contributed by atoms with Gasteiger partial charge in [0.2, 0.25) is 0 Å². The predicted molar refractivity (Wildman–Crippen MR) is 150 cm³/mol. The summed E-state index contributed by atoms with van der Waals surface area (Å²) in [7, 11) is 2.04. The number of fused-ring (bicyclic) bond motifs is 1. The molecule has 8 heteroatoms. The van der Waals surface area contributed by atoms with Gasteiger partial charge in [0.05, 0.1) is 17.5 Å². The molecule has 39 heavy (non-hydrogen) atoms. The van der Waals surface area contributed by atoms with Gasteiger partial charge < -0.3 is 9.55 Å². The molecule has 0 amide bonds. The van der Waals surface area contributed by atoms with Crippen molar-refractivity contribution in [1.82, 2.24) is 34.2 Å². The highest BCUT2D eigenvalue weighted by atomic mass is 16.1. The van der Waals surface area contributed by atoms with E-state index in [2.05, 4.69) is 62.0 Å². The lowest BCUT2D eigenvalue weighted by Crippen LogP contribution is -2.45. The van der Waals surface area contributed by atoms with Crippen LogP contribution in [0.15, 0.2) is 41.6 Å². The SMILES string of the molecule is C[C@H]1CCCN(Cc2nc3c(C4CC4)cn(-c4cccc(C5(c6nncn6C)CC6(CC6)C5)c4)c(=O)c3[nH]2)C1. The minimum absolute atomic E-state index is 0.0164. The summed E-state index contributed by atoms with van der Waals surface area (Å²) in [4.78, 5) is 24.9. The van der Waals surface area contributed by atoms with E-state index in [1.807, 2.05) is 11.6 Å². The highest BCUT2D eigenvalue weighted by molar-refractivity contribution is 5.79. The molecule has 202 valence electrons. The van der Waals surface area contributed by atoms with Gasteiger partial charge in [0.1, 0.15) is 23.5 Å². The molecule has 1 saturated heterocycles. The molecule has 3 aromatic heterocycles. The highest BCUT2D eigenvalue weighted by Crippen LogP contribution is 2.70. The number of rotatable bonds is 6. The summed E-state index contributed by atoms with van der Waals surface area (Å²) in [6.45, 7) is 5.30. The second kappa shape index (κ2) is 8.37. The lowest BCUT2D eigenvalue weighted by atomic mass is 9.56. The quantitative estimate of drug-likeness (QED) is 0.392. The third kappa shape index (κ3) is 3.82. The van der Waals surface area contributed by atoms with Crippen molar-refractivity contribution in [3.05, 3.63) is 69.9 Å². The Morgan fingerprint density at radius 2 is 2.00 bits per heavy atom. The summed E-state index contributed by atoms with van der Waals surface area (Å²) in [5.74, 6) is 3.14. The molecule has 3 saturated carbocycles. The average Bonchev–Trinajstić information content (AvgIpc) is 3.82. The van der Waals surface area contributed by atoms with Gasteiger partial charge in [-0.25, -0.2) is 4.98 Å². The topological polar surface area (TPSA) is 84.6 Å². The van der Waals surface area contributed by atoms with Gasteiger partial charge >= 0.3 is 0 Å². The fraction of sp³-hybridized carbons (Fsp3) is 0.548. The first-order chi connectivity index (χ1) is 18.9. The van der Waals surface area contributed by atoms with Crippen LogP contribution in [0, 0.1) is 11.3 Å². The lowest BCUT2D eigenvalue weighted by Gasteiger charge is -2.48. The molecule has 0 unspecified atom stereocenters. The van der Waals surface area contributed by atoms with Gasteiger partial charge in [-0.1, -0.05) is 19.1 Å². The van der Waals surface area contributed by atoms with Crippen LogP contribution in [-0.4, -0.2) is 47.3 Å². The third-order valence-electron chi connectivity index (χ3n) is 9.99. The van der Waals surface area contributed by atoms with Crippen LogP contribution in [0.4, 0.5) is 0 Å². The van der Waals surface area contributed by atoms with Gasteiger partial charge in [-0.2, -0.15) is 0 Å². The molecule has 3 aliphatic carbocycles. The van der Waals surface area contributed by atoms with Crippen LogP contribution in [0.3, 0.4) is 0 Å². The van der Waals surface area contributed by atoms with E-state index in [9.17, 15) is 4.79 Å². The first kappa shape index (κ1) is 23.6. The van der Waals surface area contributed by atoms with Crippen LogP contribution in [0.2, 0.25) is 0 Å². The Balaban J connectivity index is 1.20. The van der Waals surface area contributed by atoms with E-state index in [1.165, 1.54) is 36.8 Å². The number of hydrogen-bond acceptors (Lipinski definition) is 5. The number of imidazole rings is 1. The maximum Gasteiger partial charge on any atom is 0.281 e. The van der Waals surface area contributed by atoms with Gasteiger partial charge in [-0.05, 0) is 92.9 Å². The van der Waals surface area contributed by atoms with Crippen LogP contribution < -0.4 is 5.56 Å². The summed E-state index contributed by atoms with van der Waals surface area (Å²) in [5, 5.41) is 8.79. The van der Waals surface area contributed by atoms with Crippen molar-refractivity contribution in [2.75, 3.05) is 13.1 Å². The number of aryl methyl sites for hydroxylation is 1. The van der Waals surface area contributed by atoms with Gasteiger partial charge in [0, 0.05) is 31.0 Å². The molecular formula is C31H37N7O. The van der Waals surface area contributed by atoms with Gasteiger partial charge in [0.15, 0.2) is 0 Å². The van der Waals surface area contributed by atoms with Gasteiger partial charge in [-0.15, -0.1) is 10.2 Å². The number of nitrogens with one attached hydrogen (secondary N) is 1. The Kier molecular flexibility index (Phi) is 5.07. The molecule has 4 aliphatic rings. The molecule has 1 atom stereocenters. The maximum atomic E-state index is 14.0. The predicted octanol–water partition coefficient (Wildman–Crippen LogP) is 4.81. The fourth-order valence-electron chi connectivity index (χ4n) is 7.69. The van der Waals surface area contributed by atoms with E-state index in [-0.39, 0.29) is 11.0 Å². The first-order valence-corrected chi connectivity index (χ1v) is 14.8. The summed E-state index contributed by atoms with van der Waals surface area (Å²) >= 11 is 0. The molecule has 1 aliphatic heterocycles. The van der Waals surface area contributed by atoms with E-state index in [4.69, 9.17) is 4.98 Å². The number of benzene rings is 1. The summed E-state index contributed by atoms with van der Waals surface area (Å²) in [5.41, 5.74) is 5.20. The molecule has 1 aromatic carbocycles. The summed E-state index contributed by atoms with van der Waals surface area (Å²) in [6, 6.07) is 8.60. The Bertz CT molecular complexity index is 1630.